The molecule has 1 amide bonds. The highest BCUT2D eigenvalue weighted by Crippen LogP contribution is 2.32. The first-order valence-corrected chi connectivity index (χ1v) is 6.88. The van der Waals surface area contributed by atoms with Gasteiger partial charge in [0, 0.05) is 30.7 Å². The summed E-state index contributed by atoms with van der Waals surface area (Å²) in [5, 5.41) is 0.831. The number of pyridine rings is 1. The lowest BCUT2D eigenvalue weighted by Crippen LogP contribution is -2.25. The smallest absolute Gasteiger partial charge is 0.266 e. The predicted octanol–water partition coefficient (Wildman–Crippen LogP) is 2.74. The maximum absolute atomic E-state index is 12.5. The molecule has 0 saturated heterocycles. The summed E-state index contributed by atoms with van der Waals surface area (Å²) in [6.07, 6.45) is 4.91. The number of rotatable bonds is 3. The summed E-state index contributed by atoms with van der Waals surface area (Å²) in [6.45, 7) is 0.483. The van der Waals surface area contributed by atoms with Gasteiger partial charge in [0.1, 0.15) is 9.71 Å². The lowest BCUT2D eigenvalue weighted by molar-refractivity contribution is 0.0790. The summed E-state index contributed by atoms with van der Waals surface area (Å²) in [5.74, 6) is -0.105. The van der Waals surface area contributed by atoms with Gasteiger partial charge in [-0.05, 0) is 18.2 Å². The second-order valence-corrected chi connectivity index (χ2v) is 5.49. The quantitative estimate of drug-likeness (QED) is 0.804. The molecule has 5 nitrogen and oxygen atoms in total. The van der Waals surface area contributed by atoms with Crippen LogP contribution in [0.25, 0.3) is 10.2 Å². The van der Waals surface area contributed by atoms with Crippen molar-refractivity contribution in [1.29, 1.82) is 0 Å². The van der Waals surface area contributed by atoms with Gasteiger partial charge in [0.15, 0.2) is 0 Å². The minimum absolute atomic E-state index is 0.105. The van der Waals surface area contributed by atoms with E-state index in [0.29, 0.717) is 17.1 Å². The summed E-state index contributed by atoms with van der Waals surface area (Å²) in [4.78, 5) is 19.6. The molecule has 0 aliphatic heterocycles. The number of carbonyl (C=O) groups is 1. The molecule has 2 N–H and O–H groups in total. The maximum Gasteiger partial charge on any atom is 0.266 e. The monoisotopic (exact) mass is 287 g/mol. The van der Waals surface area contributed by atoms with Crippen LogP contribution in [0.1, 0.15) is 15.2 Å². The number of fused-ring (bicyclic) bond motifs is 1. The van der Waals surface area contributed by atoms with Crippen LogP contribution in [0.3, 0.4) is 0 Å². The van der Waals surface area contributed by atoms with Gasteiger partial charge in [-0.15, -0.1) is 11.3 Å². The largest absolute Gasteiger partial charge is 0.472 e. The Labute approximate surface area is 119 Å². The Hall–Kier alpha value is -2.34. The van der Waals surface area contributed by atoms with Gasteiger partial charge in [-0.1, -0.05) is 0 Å². The SMILES string of the molecule is CN(Cc1ccoc1)C(=O)c1sc2ncccc2c1N. The average Bonchev–Trinajstić information content (AvgIpc) is 3.07. The predicted molar refractivity (Wildman–Crippen MR) is 78.5 cm³/mol. The van der Waals surface area contributed by atoms with Crippen LogP contribution in [-0.2, 0) is 6.54 Å². The first kappa shape index (κ1) is 12.7. The number of thiophene rings is 1. The zero-order chi connectivity index (χ0) is 14.1. The summed E-state index contributed by atoms with van der Waals surface area (Å²) in [7, 11) is 1.74. The lowest BCUT2D eigenvalue weighted by atomic mass is 10.2. The molecule has 3 heterocycles. The second kappa shape index (κ2) is 4.97. The number of anilines is 1. The first-order chi connectivity index (χ1) is 9.66. The third-order valence-electron chi connectivity index (χ3n) is 3.05. The van der Waals surface area contributed by atoms with E-state index in [4.69, 9.17) is 10.2 Å². The molecule has 0 fully saturated rings. The van der Waals surface area contributed by atoms with Crippen LogP contribution in [-0.4, -0.2) is 22.8 Å². The lowest BCUT2D eigenvalue weighted by Gasteiger charge is -2.15. The highest BCUT2D eigenvalue weighted by Gasteiger charge is 2.20. The number of furan rings is 1. The number of amides is 1. The van der Waals surface area contributed by atoms with E-state index in [9.17, 15) is 4.79 Å². The van der Waals surface area contributed by atoms with Gasteiger partial charge in [0.25, 0.3) is 5.91 Å². The number of hydrogen-bond donors (Lipinski definition) is 1. The molecule has 0 radical (unpaired) electrons. The number of nitrogens with zero attached hydrogens (tertiary/aromatic N) is 2. The van der Waals surface area contributed by atoms with Crippen molar-refractivity contribution < 1.29 is 9.21 Å². The van der Waals surface area contributed by atoms with Crippen molar-refractivity contribution in [3.63, 3.8) is 0 Å². The molecular formula is C14H13N3O2S. The van der Waals surface area contributed by atoms with Crippen LogP contribution in [0.4, 0.5) is 5.69 Å². The van der Waals surface area contributed by atoms with Gasteiger partial charge < -0.3 is 15.1 Å². The number of carbonyl (C=O) groups excluding carboxylic acids is 1. The molecule has 0 bridgehead atoms. The molecule has 102 valence electrons. The topological polar surface area (TPSA) is 72.4 Å². The van der Waals surface area contributed by atoms with E-state index >= 15 is 0 Å². The van der Waals surface area contributed by atoms with Crippen molar-refractivity contribution >= 4 is 33.1 Å². The fourth-order valence-electron chi connectivity index (χ4n) is 2.01. The maximum atomic E-state index is 12.5. The summed E-state index contributed by atoms with van der Waals surface area (Å²) >= 11 is 1.32. The molecule has 3 aromatic rings. The Kier molecular flexibility index (Phi) is 3.15. The van der Waals surface area contributed by atoms with Gasteiger partial charge in [-0.2, -0.15) is 0 Å². The summed E-state index contributed by atoms with van der Waals surface area (Å²) in [5.41, 5.74) is 7.50. The zero-order valence-corrected chi connectivity index (χ0v) is 11.7. The van der Waals surface area contributed by atoms with Crippen molar-refractivity contribution in [1.82, 2.24) is 9.88 Å². The van der Waals surface area contributed by atoms with Crippen LogP contribution >= 0.6 is 11.3 Å². The van der Waals surface area contributed by atoms with E-state index in [1.54, 1.807) is 30.7 Å². The molecule has 0 unspecified atom stereocenters. The van der Waals surface area contributed by atoms with Gasteiger partial charge in [0.2, 0.25) is 0 Å². The van der Waals surface area contributed by atoms with E-state index in [1.807, 2.05) is 18.2 Å². The highest BCUT2D eigenvalue weighted by atomic mass is 32.1. The Morgan fingerprint density at radius 3 is 3.05 bits per heavy atom. The third-order valence-corrected chi connectivity index (χ3v) is 4.16. The second-order valence-electron chi connectivity index (χ2n) is 4.49. The minimum atomic E-state index is -0.105. The summed E-state index contributed by atoms with van der Waals surface area (Å²) in [6, 6.07) is 5.52. The van der Waals surface area contributed by atoms with Gasteiger partial charge in [-0.3, -0.25) is 4.79 Å². The van der Waals surface area contributed by atoms with E-state index in [2.05, 4.69) is 4.98 Å². The van der Waals surface area contributed by atoms with E-state index < -0.39 is 0 Å². The molecule has 0 aromatic carbocycles. The van der Waals surface area contributed by atoms with Crippen LogP contribution in [0.2, 0.25) is 0 Å². The van der Waals surface area contributed by atoms with Crippen LogP contribution in [0.15, 0.2) is 41.3 Å². The summed E-state index contributed by atoms with van der Waals surface area (Å²) < 4.78 is 5.00. The van der Waals surface area contributed by atoms with E-state index in [-0.39, 0.29) is 5.91 Å². The number of nitrogens with two attached hydrogens (primary N) is 1. The minimum Gasteiger partial charge on any atom is -0.472 e. The fourth-order valence-corrected chi connectivity index (χ4v) is 3.07. The van der Waals surface area contributed by atoms with Crippen LogP contribution in [0.5, 0.6) is 0 Å². The Morgan fingerprint density at radius 1 is 1.50 bits per heavy atom. The van der Waals surface area contributed by atoms with Crippen LogP contribution in [0, 0.1) is 0 Å². The molecule has 0 spiro atoms. The van der Waals surface area contributed by atoms with Crippen molar-refractivity contribution in [3.05, 3.63) is 47.4 Å². The van der Waals surface area contributed by atoms with E-state index in [1.165, 1.54) is 11.3 Å². The standard InChI is InChI=1S/C14H13N3O2S/c1-17(7-9-4-6-19-8-9)14(18)12-11(15)10-3-2-5-16-13(10)20-12/h2-6,8H,7,15H2,1H3. The average molecular weight is 287 g/mol. The molecular weight excluding hydrogens is 274 g/mol. The third kappa shape index (κ3) is 2.14. The zero-order valence-electron chi connectivity index (χ0n) is 10.9. The number of hydrogen-bond acceptors (Lipinski definition) is 5. The van der Waals surface area contributed by atoms with E-state index in [0.717, 1.165) is 15.8 Å². The Morgan fingerprint density at radius 2 is 2.35 bits per heavy atom. The molecule has 0 aliphatic rings. The normalized spacial score (nSPS) is 10.8. The first-order valence-electron chi connectivity index (χ1n) is 6.06. The fraction of sp³-hybridized carbons (Fsp3) is 0.143. The van der Waals surface area contributed by atoms with Crippen LogP contribution < -0.4 is 5.73 Å². The molecule has 3 aromatic heterocycles. The van der Waals surface area contributed by atoms with Crippen molar-refractivity contribution in [2.45, 2.75) is 6.54 Å². The molecule has 3 rings (SSSR count). The Bertz CT molecular complexity index is 749. The Balaban J connectivity index is 1.90. The number of nitrogen functional groups attached to an aromatic ring is 1. The van der Waals surface area contributed by atoms with Crippen molar-refractivity contribution in [3.8, 4) is 0 Å². The van der Waals surface area contributed by atoms with Gasteiger partial charge in [-0.25, -0.2) is 4.98 Å². The molecule has 0 aliphatic carbocycles. The van der Waals surface area contributed by atoms with Gasteiger partial charge >= 0.3 is 0 Å². The molecule has 0 atom stereocenters. The molecule has 6 heteroatoms. The number of aromatic nitrogens is 1. The van der Waals surface area contributed by atoms with Gasteiger partial charge in [0.05, 0.1) is 18.2 Å². The van der Waals surface area contributed by atoms with Crippen molar-refractivity contribution in [2.24, 2.45) is 0 Å². The van der Waals surface area contributed by atoms with Crippen molar-refractivity contribution in [2.75, 3.05) is 12.8 Å². The molecule has 0 saturated carbocycles. The molecule has 20 heavy (non-hydrogen) atoms. The highest BCUT2D eigenvalue weighted by molar-refractivity contribution is 7.21.